The zero-order chi connectivity index (χ0) is 18.3. The Bertz CT molecular complexity index is 890. The third-order valence-electron chi connectivity index (χ3n) is 4.88. The van der Waals surface area contributed by atoms with Crippen LogP contribution in [0.2, 0.25) is 0 Å². The fourth-order valence-corrected chi connectivity index (χ4v) is 3.43. The smallest absolute Gasteiger partial charge is 0.322 e. The molecule has 6 heteroatoms. The Hall–Kier alpha value is -3.28. The van der Waals surface area contributed by atoms with E-state index in [2.05, 4.69) is 5.32 Å². The van der Waals surface area contributed by atoms with E-state index in [1.165, 1.54) is 4.90 Å². The number of hydrogen-bond donors (Lipinski definition) is 1. The predicted molar refractivity (Wildman–Crippen MR) is 97.9 cm³/mol. The molecule has 2 aromatic rings. The summed E-state index contributed by atoms with van der Waals surface area (Å²) >= 11 is 0. The van der Waals surface area contributed by atoms with Crippen molar-refractivity contribution in [1.29, 1.82) is 0 Å². The lowest BCUT2D eigenvalue weighted by molar-refractivity contribution is -0.114. The highest BCUT2D eigenvalue weighted by Gasteiger charge is 2.43. The Balaban J connectivity index is 1.72. The largest absolute Gasteiger partial charge is 0.497 e. The summed E-state index contributed by atoms with van der Waals surface area (Å²) in [7, 11) is 3.30. The number of benzene rings is 2. The molecule has 1 atom stereocenters. The van der Waals surface area contributed by atoms with Gasteiger partial charge in [0.05, 0.1) is 31.0 Å². The number of nitrogens with zero attached hydrogens (tertiary/aromatic N) is 2. The summed E-state index contributed by atoms with van der Waals surface area (Å²) in [6.07, 6.45) is 0. The number of ether oxygens (including phenoxy) is 1. The van der Waals surface area contributed by atoms with Crippen LogP contribution in [0.4, 0.5) is 10.5 Å². The molecule has 0 radical (unpaired) electrons. The topological polar surface area (TPSA) is 61.9 Å². The molecule has 26 heavy (non-hydrogen) atoms. The minimum absolute atomic E-state index is 0.0918. The molecule has 132 valence electrons. The third kappa shape index (κ3) is 2.50. The number of nitrogens with one attached hydrogen (secondary N) is 1. The number of carbonyl (C=O) groups excluding carboxylic acids is 2. The van der Waals surface area contributed by atoms with Gasteiger partial charge < -0.3 is 15.0 Å². The van der Waals surface area contributed by atoms with E-state index in [0.29, 0.717) is 12.1 Å². The van der Waals surface area contributed by atoms with Crippen molar-refractivity contribution in [3.8, 4) is 5.75 Å². The van der Waals surface area contributed by atoms with Gasteiger partial charge in [-0.15, -0.1) is 0 Å². The van der Waals surface area contributed by atoms with Crippen LogP contribution in [0.15, 0.2) is 65.9 Å². The van der Waals surface area contributed by atoms with Crippen molar-refractivity contribution in [3.63, 3.8) is 0 Å². The van der Waals surface area contributed by atoms with Crippen LogP contribution in [0.25, 0.3) is 0 Å². The molecule has 2 heterocycles. The Kier molecular flexibility index (Phi) is 3.88. The van der Waals surface area contributed by atoms with E-state index in [4.69, 9.17) is 4.74 Å². The van der Waals surface area contributed by atoms with Crippen molar-refractivity contribution < 1.29 is 14.3 Å². The van der Waals surface area contributed by atoms with Crippen molar-refractivity contribution in [3.05, 3.63) is 71.4 Å². The average Bonchev–Trinajstić information content (AvgIpc) is 3.03. The van der Waals surface area contributed by atoms with Gasteiger partial charge in [-0.3, -0.25) is 9.69 Å². The molecule has 0 fully saturated rings. The highest BCUT2D eigenvalue weighted by molar-refractivity contribution is 6.11. The Labute approximate surface area is 151 Å². The summed E-state index contributed by atoms with van der Waals surface area (Å²) in [6.45, 7) is 0.369. The molecule has 0 unspecified atom stereocenters. The first kappa shape index (κ1) is 16.2. The molecule has 0 saturated carbocycles. The number of hydrogen-bond acceptors (Lipinski definition) is 3. The lowest BCUT2D eigenvalue weighted by Crippen LogP contribution is -2.45. The summed E-state index contributed by atoms with van der Waals surface area (Å²) in [4.78, 5) is 28.8. The van der Waals surface area contributed by atoms with Crippen molar-refractivity contribution in [2.24, 2.45) is 0 Å². The second-order valence-electron chi connectivity index (χ2n) is 6.30. The van der Waals surface area contributed by atoms with E-state index in [-0.39, 0.29) is 11.9 Å². The molecule has 2 aliphatic heterocycles. The lowest BCUT2D eigenvalue weighted by Gasteiger charge is -2.31. The standard InChI is InChI=1S/C20H19N3O3/c1-22-16-12-23(14-8-10-15(26-2)11-9-14)19(24)17(16)18(21-20(22)25)13-6-4-3-5-7-13/h3-11,18H,12H2,1-2H3,(H,21,25)/t18-/m0/s1. The van der Waals surface area contributed by atoms with Gasteiger partial charge in [0.1, 0.15) is 5.75 Å². The second kappa shape index (κ2) is 6.22. The molecule has 2 aromatic carbocycles. The maximum atomic E-state index is 13.2. The third-order valence-corrected chi connectivity index (χ3v) is 4.88. The summed E-state index contributed by atoms with van der Waals surface area (Å²) in [5.74, 6) is 0.639. The lowest BCUT2D eigenvalue weighted by atomic mass is 9.96. The minimum atomic E-state index is -0.439. The van der Waals surface area contributed by atoms with Crippen LogP contribution < -0.4 is 15.0 Å². The van der Waals surface area contributed by atoms with Gasteiger partial charge in [-0.2, -0.15) is 0 Å². The molecule has 3 amide bonds. The number of rotatable bonds is 3. The maximum absolute atomic E-state index is 13.2. The molecule has 0 aromatic heterocycles. The Morgan fingerprint density at radius 2 is 1.73 bits per heavy atom. The van der Waals surface area contributed by atoms with E-state index < -0.39 is 6.04 Å². The zero-order valence-electron chi connectivity index (χ0n) is 14.6. The van der Waals surface area contributed by atoms with Crippen molar-refractivity contribution in [1.82, 2.24) is 10.2 Å². The second-order valence-corrected chi connectivity index (χ2v) is 6.30. The van der Waals surface area contributed by atoms with Gasteiger partial charge in [0.25, 0.3) is 5.91 Å². The van der Waals surface area contributed by atoms with Gasteiger partial charge in [-0.25, -0.2) is 4.79 Å². The highest BCUT2D eigenvalue weighted by Crippen LogP contribution is 2.37. The van der Waals surface area contributed by atoms with Gasteiger partial charge in [0, 0.05) is 12.7 Å². The predicted octanol–water partition coefficient (Wildman–Crippen LogP) is 2.69. The molecule has 0 aliphatic carbocycles. The van der Waals surface area contributed by atoms with E-state index in [1.807, 2.05) is 54.6 Å². The molecule has 4 rings (SSSR count). The maximum Gasteiger partial charge on any atom is 0.322 e. The Morgan fingerprint density at radius 1 is 1.04 bits per heavy atom. The molecular weight excluding hydrogens is 330 g/mol. The van der Waals surface area contributed by atoms with Crippen LogP contribution in [-0.4, -0.2) is 37.5 Å². The normalized spacial score (nSPS) is 19.5. The van der Waals surface area contributed by atoms with Crippen LogP contribution in [0.3, 0.4) is 0 Å². The summed E-state index contributed by atoms with van der Waals surface area (Å²) in [5.41, 5.74) is 3.03. The molecule has 0 spiro atoms. The van der Waals surface area contributed by atoms with Crippen LogP contribution in [-0.2, 0) is 4.79 Å². The molecule has 6 nitrogen and oxygen atoms in total. The van der Waals surface area contributed by atoms with Crippen molar-refractivity contribution in [2.75, 3.05) is 25.6 Å². The van der Waals surface area contributed by atoms with Gasteiger partial charge in [0.15, 0.2) is 0 Å². The monoisotopic (exact) mass is 349 g/mol. The first-order valence-electron chi connectivity index (χ1n) is 8.38. The van der Waals surface area contributed by atoms with E-state index in [1.54, 1.807) is 19.1 Å². The molecule has 0 bridgehead atoms. The number of carbonyl (C=O) groups is 2. The Morgan fingerprint density at radius 3 is 2.38 bits per heavy atom. The number of amides is 3. The fraction of sp³-hybridized carbons (Fsp3) is 0.200. The van der Waals surface area contributed by atoms with E-state index >= 15 is 0 Å². The number of likely N-dealkylation sites (N-methyl/N-ethyl adjacent to an activating group) is 1. The highest BCUT2D eigenvalue weighted by atomic mass is 16.5. The zero-order valence-corrected chi connectivity index (χ0v) is 14.6. The van der Waals surface area contributed by atoms with Crippen LogP contribution >= 0.6 is 0 Å². The van der Waals surface area contributed by atoms with E-state index in [9.17, 15) is 9.59 Å². The molecule has 0 saturated heterocycles. The summed E-state index contributed by atoms with van der Waals surface area (Å²) < 4.78 is 5.18. The van der Waals surface area contributed by atoms with Crippen LogP contribution in [0, 0.1) is 0 Å². The number of anilines is 1. The molecular formula is C20H19N3O3. The van der Waals surface area contributed by atoms with Gasteiger partial charge >= 0.3 is 6.03 Å². The number of methoxy groups -OCH3 is 1. The minimum Gasteiger partial charge on any atom is -0.497 e. The molecule has 2 aliphatic rings. The van der Waals surface area contributed by atoms with Gasteiger partial charge in [-0.1, -0.05) is 30.3 Å². The van der Waals surface area contributed by atoms with E-state index in [0.717, 1.165) is 22.7 Å². The first-order chi connectivity index (χ1) is 12.6. The van der Waals surface area contributed by atoms with Crippen LogP contribution in [0.1, 0.15) is 11.6 Å². The van der Waals surface area contributed by atoms with Crippen molar-refractivity contribution in [2.45, 2.75) is 6.04 Å². The summed E-state index contributed by atoms with van der Waals surface area (Å²) in [5, 5.41) is 2.94. The molecule has 1 N–H and O–H groups in total. The number of urea groups is 1. The average molecular weight is 349 g/mol. The van der Waals surface area contributed by atoms with Gasteiger partial charge in [-0.05, 0) is 29.8 Å². The quantitative estimate of drug-likeness (QED) is 0.927. The van der Waals surface area contributed by atoms with Crippen LogP contribution in [0.5, 0.6) is 5.75 Å². The SMILES string of the molecule is COc1ccc(N2CC3=C(C2=O)[C@H](c2ccccc2)NC(=O)N3C)cc1. The van der Waals surface area contributed by atoms with Gasteiger partial charge in [0.2, 0.25) is 0 Å². The summed E-state index contributed by atoms with van der Waals surface area (Å²) in [6, 6.07) is 16.3. The van der Waals surface area contributed by atoms with Crippen molar-refractivity contribution >= 4 is 17.6 Å². The first-order valence-corrected chi connectivity index (χ1v) is 8.38. The fourth-order valence-electron chi connectivity index (χ4n) is 3.43.